The van der Waals surface area contributed by atoms with E-state index in [1.165, 1.54) is 74.5 Å². The van der Waals surface area contributed by atoms with Gasteiger partial charge in [-0.25, -0.2) is 0 Å². The Kier molecular flexibility index (Phi) is 6.54. The largest absolute Gasteiger partial charge is 0.125 e. The first-order chi connectivity index (χ1) is 11.0. The zero-order chi connectivity index (χ0) is 16.9. The molecule has 0 aliphatic heterocycles. The molecule has 2 fully saturated rings. The Labute approximate surface area is 144 Å². The average molecular weight is 313 g/mol. The minimum absolute atomic E-state index is 0.444. The first kappa shape index (κ1) is 18.3. The van der Waals surface area contributed by atoms with Gasteiger partial charge in [-0.2, -0.15) is 0 Å². The second kappa shape index (κ2) is 8.20. The molecule has 0 amide bonds. The van der Waals surface area contributed by atoms with E-state index >= 15 is 0 Å². The summed E-state index contributed by atoms with van der Waals surface area (Å²) in [6.45, 7) is 15.5. The van der Waals surface area contributed by atoms with Crippen LogP contribution in [0.3, 0.4) is 0 Å². The Bertz CT molecular complexity index is 500. The monoisotopic (exact) mass is 312 g/mol. The molecule has 0 aromatic heterocycles. The quantitative estimate of drug-likeness (QED) is 0.354. The molecule has 2 aliphatic rings. The summed E-state index contributed by atoms with van der Waals surface area (Å²) in [7, 11) is 0. The zero-order valence-electron chi connectivity index (χ0n) is 15.7. The topological polar surface area (TPSA) is 0 Å². The first-order valence-corrected chi connectivity index (χ1v) is 9.80. The van der Waals surface area contributed by atoms with E-state index in [9.17, 15) is 0 Å². The molecular weight excluding hydrogens is 276 g/mol. The van der Waals surface area contributed by atoms with Crippen LogP contribution in [0.4, 0.5) is 0 Å². The van der Waals surface area contributed by atoms with E-state index in [1.807, 2.05) is 0 Å². The molecule has 3 atom stereocenters. The van der Waals surface area contributed by atoms with Crippen LogP contribution in [0.25, 0.3) is 0 Å². The molecule has 0 bridgehead atoms. The molecule has 3 unspecified atom stereocenters. The van der Waals surface area contributed by atoms with Crippen LogP contribution >= 0.6 is 0 Å². The average Bonchev–Trinajstić information content (AvgIpc) is 3.02. The maximum absolute atomic E-state index is 4.47. The maximum atomic E-state index is 4.47. The van der Waals surface area contributed by atoms with E-state index in [0.29, 0.717) is 11.3 Å². The van der Waals surface area contributed by atoms with Crippen LogP contribution in [0.2, 0.25) is 0 Å². The molecule has 0 saturated heterocycles. The summed E-state index contributed by atoms with van der Waals surface area (Å²) in [4.78, 5) is 0. The van der Waals surface area contributed by atoms with E-state index in [2.05, 4.69) is 45.7 Å². The zero-order valence-corrected chi connectivity index (χ0v) is 15.7. The Morgan fingerprint density at radius 2 is 2.13 bits per heavy atom. The Morgan fingerprint density at radius 1 is 1.35 bits per heavy atom. The highest BCUT2D eigenvalue weighted by Crippen LogP contribution is 2.50. The molecule has 2 saturated carbocycles. The summed E-state index contributed by atoms with van der Waals surface area (Å²) in [6.07, 6.45) is 15.4. The number of allylic oxidation sites excluding steroid dienone is 4. The predicted molar refractivity (Wildman–Crippen MR) is 102 cm³/mol. The van der Waals surface area contributed by atoms with Gasteiger partial charge in [0, 0.05) is 0 Å². The second-order valence-electron chi connectivity index (χ2n) is 8.06. The fourth-order valence-corrected chi connectivity index (χ4v) is 4.97. The predicted octanol–water partition coefficient (Wildman–Crippen LogP) is 7.39. The van der Waals surface area contributed by atoms with Crippen molar-refractivity contribution in [2.24, 2.45) is 17.3 Å². The lowest BCUT2D eigenvalue weighted by atomic mass is 9.60. The molecule has 0 nitrogen and oxygen atoms in total. The molecule has 0 N–H and O–H groups in total. The fourth-order valence-electron chi connectivity index (χ4n) is 4.97. The van der Waals surface area contributed by atoms with Crippen LogP contribution < -0.4 is 0 Å². The molecule has 23 heavy (non-hydrogen) atoms. The van der Waals surface area contributed by atoms with Crippen molar-refractivity contribution in [3.63, 3.8) is 0 Å². The van der Waals surface area contributed by atoms with Crippen LogP contribution in [0, 0.1) is 17.3 Å². The molecule has 128 valence electrons. The molecule has 0 aromatic carbocycles. The van der Waals surface area contributed by atoms with Crippen LogP contribution in [-0.2, 0) is 0 Å². The number of hydrogen-bond acceptors (Lipinski definition) is 0. The summed E-state index contributed by atoms with van der Waals surface area (Å²) < 4.78 is 0. The molecule has 0 aromatic rings. The molecule has 0 heterocycles. The first-order valence-electron chi connectivity index (χ1n) is 9.80. The lowest BCUT2D eigenvalue weighted by Crippen LogP contribution is -2.34. The third-order valence-corrected chi connectivity index (χ3v) is 6.55. The molecule has 0 spiro atoms. The van der Waals surface area contributed by atoms with E-state index < -0.39 is 0 Å². The lowest BCUT2D eigenvalue weighted by Gasteiger charge is -2.44. The Morgan fingerprint density at radius 3 is 2.78 bits per heavy atom. The minimum atomic E-state index is 0.444. The minimum Gasteiger partial charge on any atom is -0.125 e. The Balaban J connectivity index is 2.18. The van der Waals surface area contributed by atoms with Crippen molar-refractivity contribution in [2.75, 3.05) is 0 Å². The van der Waals surface area contributed by atoms with E-state index in [4.69, 9.17) is 0 Å². The summed E-state index contributed by atoms with van der Waals surface area (Å²) in [6, 6.07) is 0. The van der Waals surface area contributed by atoms with Crippen molar-refractivity contribution < 1.29 is 0 Å². The highest BCUT2D eigenvalue weighted by molar-refractivity contribution is 5.34. The van der Waals surface area contributed by atoms with Gasteiger partial charge in [-0.05, 0) is 73.3 Å². The fraction of sp³-hybridized carbons (Fsp3) is 0.696. The van der Waals surface area contributed by atoms with Crippen molar-refractivity contribution in [1.82, 2.24) is 0 Å². The van der Waals surface area contributed by atoms with Gasteiger partial charge >= 0.3 is 0 Å². The number of rotatable bonds is 6. The molecule has 2 aliphatic carbocycles. The highest BCUT2D eigenvalue weighted by Gasteiger charge is 2.38. The second-order valence-corrected chi connectivity index (χ2v) is 8.06. The van der Waals surface area contributed by atoms with Crippen LogP contribution in [0.1, 0.15) is 85.0 Å². The van der Waals surface area contributed by atoms with Crippen molar-refractivity contribution in [1.29, 1.82) is 0 Å². The van der Waals surface area contributed by atoms with Crippen LogP contribution in [0.15, 0.2) is 41.7 Å². The third-order valence-electron chi connectivity index (χ3n) is 6.55. The van der Waals surface area contributed by atoms with Gasteiger partial charge < -0.3 is 0 Å². The van der Waals surface area contributed by atoms with Gasteiger partial charge in [-0.1, -0.05) is 64.8 Å². The van der Waals surface area contributed by atoms with Gasteiger partial charge in [-0.3, -0.25) is 0 Å². The normalized spacial score (nSPS) is 31.2. The highest BCUT2D eigenvalue weighted by atomic mass is 14.4. The van der Waals surface area contributed by atoms with Gasteiger partial charge in [0.15, 0.2) is 0 Å². The molecule has 0 radical (unpaired) electrons. The van der Waals surface area contributed by atoms with Crippen molar-refractivity contribution in [3.05, 3.63) is 41.7 Å². The summed E-state index contributed by atoms with van der Waals surface area (Å²) >= 11 is 0. The SMILES string of the molecule is C=C=C1CCC/C1=C\CC(C(=C)CC)C1(C)CCCC(CC)C1. The third kappa shape index (κ3) is 4.30. The van der Waals surface area contributed by atoms with E-state index in [-0.39, 0.29) is 0 Å². The van der Waals surface area contributed by atoms with Crippen molar-refractivity contribution in [3.8, 4) is 0 Å². The van der Waals surface area contributed by atoms with Gasteiger partial charge in [0.1, 0.15) is 0 Å². The number of hydrogen-bond donors (Lipinski definition) is 0. The van der Waals surface area contributed by atoms with Gasteiger partial charge in [0.25, 0.3) is 0 Å². The van der Waals surface area contributed by atoms with Crippen LogP contribution in [0.5, 0.6) is 0 Å². The van der Waals surface area contributed by atoms with Crippen LogP contribution in [-0.4, -0.2) is 0 Å². The van der Waals surface area contributed by atoms with Gasteiger partial charge in [0.05, 0.1) is 0 Å². The molecular formula is C23H36. The van der Waals surface area contributed by atoms with E-state index in [0.717, 1.165) is 12.3 Å². The summed E-state index contributed by atoms with van der Waals surface area (Å²) in [5.74, 6) is 1.56. The maximum Gasteiger partial charge on any atom is -0.00376 e. The molecule has 0 heteroatoms. The van der Waals surface area contributed by atoms with Crippen molar-refractivity contribution >= 4 is 0 Å². The van der Waals surface area contributed by atoms with E-state index in [1.54, 1.807) is 0 Å². The van der Waals surface area contributed by atoms with Gasteiger partial charge in [0.2, 0.25) is 0 Å². The summed E-state index contributed by atoms with van der Waals surface area (Å²) in [5, 5.41) is 0. The standard InChI is InChI=1S/C23H36/c1-6-18(4)22(15-14-21-13-9-12-20(21)8-3)23(5)16-10-11-19(7-2)17-23/h14,19,22H,3-4,6-7,9-13,15-17H2,1-2,5H3/b21-14+. The van der Waals surface area contributed by atoms with Crippen molar-refractivity contribution in [2.45, 2.75) is 85.0 Å². The lowest BCUT2D eigenvalue weighted by molar-refractivity contribution is 0.0992. The van der Waals surface area contributed by atoms with Gasteiger partial charge in [-0.15, -0.1) is 5.73 Å². The summed E-state index contributed by atoms with van der Waals surface area (Å²) in [5.41, 5.74) is 7.95. The molecule has 2 rings (SSSR count). The smallest absolute Gasteiger partial charge is 0.00376 e. The Hall–Kier alpha value is -1.00.